The van der Waals surface area contributed by atoms with Gasteiger partial charge in [0, 0.05) is 55.7 Å². The van der Waals surface area contributed by atoms with E-state index in [2.05, 4.69) is 46.8 Å². The highest BCUT2D eigenvalue weighted by Crippen LogP contribution is 2.40. The molecule has 3 aromatic rings. The van der Waals surface area contributed by atoms with Gasteiger partial charge in [0.05, 0.1) is 17.7 Å². The van der Waals surface area contributed by atoms with Crippen LogP contribution < -0.4 is 4.90 Å². The molecule has 2 aliphatic rings. The summed E-state index contributed by atoms with van der Waals surface area (Å²) in [6.07, 6.45) is 5.01. The van der Waals surface area contributed by atoms with Crippen molar-refractivity contribution in [1.29, 1.82) is 0 Å². The van der Waals surface area contributed by atoms with Gasteiger partial charge in [0.1, 0.15) is 5.82 Å². The lowest BCUT2D eigenvalue weighted by Gasteiger charge is -2.40. The van der Waals surface area contributed by atoms with Crippen LogP contribution in [0.1, 0.15) is 81.0 Å². The number of aliphatic hydroxyl groups is 1. The van der Waals surface area contributed by atoms with E-state index in [4.69, 9.17) is 5.11 Å². The average molecular weight is 590 g/mol. The van der Waals surface area contributed by atoms with Crippen molar-refractivity contribution in [3.05, 3.63) is 81.9 Å². The van der Waals surface area contributed by atoms with Crippen LogP contribution in [0.15, 0.2) is 42.6 Å². The third kappa shape index (κ3) is 8.87. The van der Waals surface area contributed by atoms with Crippen LogP contribution in [0.5, 0.6) is 0 Å². The fourth-order valence-electron chi connectivity index (χ4n) is 5.90. The number of anilines is 1. The van der Waals surface area contributed by atoms with Crippen molar-refractivity contribution in [3.63, 3.8) is 0 Å². The topological polar surface area (TPSA) is 76.9 Å². The average Bonchev–Trinajstić information content (AvgIpc) is 2.90. The second kappa shape index (κ2) is 13.1. The molecule has 43 heavy (non-hydrogen) atoms. The first-order valence-corrected chi connectivity index (χ1v) is 15.4. The Bertz CT molecular complexity index is 1440. The minimum Gasteiger partial charge on any atom is -0.481 e. The second-order valence-electron chi connectivity index (χ2n) is 14.0. The summed E-state index contributed by atoms with van der Waals surface area (Å²) < 4.78 is 13.5. The number of benzene rings is 2. The Hall–Kier alpha value is -3.29. The number of pyridine rings is 1. The zero-order valence-corrected chi connectivity index (χ0v) is 26.9. The van der Waals surface area contributed by atoms with Crippen molar-refractivity contribution in [2.45, 2.75) is 92.8 Å². The van der Waals surface area contributed by atoms with Gasteiger partial charge >= 0.3 is 5.97 Å². The number of aliphatic carboxylic acids is 1. The Kier molecular flexibility index (Phi) is 9.97. The van der Waals surface area contributed by atoms with E-state index in [0.29, 0.717) is 5.41 Å². The van der Waals surface area contributed by atoms with Crippen molar-refractivity contribution < 1.29 is 19.4 Å². The monoisotopic (exact) mass is 589 g/mol. The van der Waals surface area contributed by atoms with Crippen molar-refractivity contribution in [1.82, 2.24) is 9.88 Å². The minimum absolute atomic E-state index is 0.0232. The summed E-state index contributed by atoms with van der Waals surface area (Å²) in [6.45, 7) is 18.2. The first-order valence-electron chi connectivity index (χ1n) is 15.4. The number of hydrogen-bond donors (Lipinski definition) is 2. The van der Waals surface area contributed by atoms with Gasteiger partial charge in [-0.2, -0.15) is 0 Å². The van der Waals surface area contributed by atoms with Crippen LogP contribution in [-0.4, -0.2) is 51.3 Å². The van der Waals surface area contributed by atoms with E-state index in [1.54, 1.807) is 32.9 Å². The molecule has 7 heteroatoms. The molecule has 0 unspecified atom stereocenters. The quantitative estimate of drug-likeness (QED) is 0.320. The largest absolute Gasteiger partial charge is 0.481 e. The molecule has 0 spiro atoms. The molecule has 1 aromatic heterocycles. The summed E-state index contributed by atoms with van der Waals surface area (Å²) in [5.41, 5.74) is 9.39. The predicted octanol–water partition coefficient (Wildman–Crippen LogP) is 7.09. The predicted molar refractivity (Wildman–Crippen MR) is 172 cm³/mol. The van der Waals surface area contributed by atoms with Gasteiger partial charge in [-0.25, -0.2) is 4.39 Å². The molecule has 0 radical (unpaired) electrons. The molecule has 0 bridgehead atoms. The Balaban J connectivity index is 0.000000782. The summed E-state index contributed by atoms with van der Waals surface area (Å²) in [4.78, 5) is 21.3. The summed E-state index contributed by atoms with van der Waals surface area (Å²) in [6, 6.07) is 11.7. The van der Waals surface area contributed by atoms with Gasteiger partial charge in [-0.15, -0.1) is 0 Å². The Labute approximate surface area is 256 Å². The zero-order chi connectivity index (χ0) is 31.5. The standard InChI is InChI=1S/C32H38FN3O2.C4H10O/c1-21-15-27(33)8-7-25(21)19-35-12-9-23-16-24(5-6-26(23)20-35)29-18-34-22(2)28(17-30(37)38)31(29)36-13-10-32(3,4)11-14-36;1-4(2,3)5/h5-8,15-16,18H,9-14,17,19-20H2,1-4H3,(H,37,38);5H,1-3H3. The van der Waals surface area contributed by atoms with Crippen LogP contribution in [0.3, 0.4) is 0 Å². The van der Waals surface area contributed by atoms with E-state index in [-0.39, 0.29) is 12.2 Å². The van der Waals surface area contributed by atoms with Crippen LogP contribution in [0.2, 0.25) is 0 Å². The number of fused-ring (bicyclic) bond motifs is 1. The SMILES string of the molecule is CC(C)(C)O.Cc1cc(F)ccc1CN1CCc2cc(-c3cnc(C)c(CC(=O)O)c3N3CCC(C)(C)CC3)ccc2C1. The van der Waals surface area contributed by atoms with E-state index >= 15 is 0 Å². The lowest BCUT2D eigenvalue weighted by molar-refractivity contribution is -0.136. The molecule has 0 amide bonds. The van der Waals surface area contributed by atoms with Crippen LogP contribution >= 0.6 is 0 Å². The number of carboxylic acid groups (broad SMARTS) is 1. The third-order valence-corrected chi connectivity index (χ3v) is 8.43. The molecule has 2 N–H and O–H groups in total. The van der Waals surface area contributed by atoms with Crippen LogP contribution in [-0.2, 0) is 30.7 Å². The molecule has 5 rings (SSSR count). The number of aromatic nitrogens is 1. The smallest absolute Gasteiger partial charge is 0.307 e. The molecule has 1 fully saturated rings. The van der Waals surface area contributed by atoms with E-state index in [1.165, 1.54) is 11.1 Å². The molecular formula is C36H48FN3O3. The van der Waals surface area contributed by atoms with Crippen LogP contribution in [0, 0.1) is 25.1 Å². The van der Waals surface area contributed by atoms with Gasteiger partial charge in [0.15, 0.2) is 0 Å². The van der Waals surface area contributed by atoms with Gasteiger partial charge in [0.2, 0.25) is 0 Å². The molecule has 0 saturated carbocycles. The Morgan fingerprint density at radius 3 is 2.33 bits per heavy atom. The number of carbonyl (C=O) groups is 1. The van der Waals surface area contributed by atoms with Crippen molar-refractivity contribution in [3.8, 4) is 11.1 Å². The van der Waals surface area contributed by atoms with Gasteiger partial charge in [-0.1, -0.05) is 38.1 Å². The van der Waals surface area contributed by atoms with Gasteiger partial charge in [0.25, 0.3) is 0 Å². The van der Waals surface area contributed by atoms with E-state index in [0.717, 1.165) is 91.2 Å². The zero-order valence-electron chi connectivity index (χ0n) is 26.9. The molecular weight excluding hydrogens is 541 g/mol. The maximum absolute atomic E-state index is 13.5. The van der Waals surface area contributed by atoms with Crippen molar-refractivity contribution in [2.24, 2.45) is 5.41 Å². The highest BCUT2D eigenvalue weighted by atomic mass is 19.1. The number of rotatable bonds is 6. The molecule has 3 heterocycles. The van der Waals surface area contributed by atoms with Crippen molar-refractivity contribution in [2.75, 3.05) is 24.5 Å². The molecule has 6 nitrogen and oxygen atoms in total. The highest BCUT2D eigenvalue weighted by molar-refractivity contribution is 5.85. The molecule has 0 atom stereocenters. The number of nitrogens with zero attached hydrogens (tertiary/aromatic N) is 3. The maximum Gasteiger partial charge on any atom is 0.307 e. The van der Waals surface area contributed by atoms with Crippen LogP contribution in [0.25, 0.3) is 11.1 Å². The van der Waals surface area contributed by atoms with Crippen molar-refractivity contribution >= 4 is 11.7 Å². The number of halogens is 1. The first kappa shape index (κ1) is 32.6. The molecule has 1 saturated heterocycles. The highest BCUT2D eigenvalue weighted by Gasteiger charge is 2.29. The third-order valence-electron chi connectivity index (χ3n) is 8.43. The van der Waals surface area contributed by atoms with Gasteiger partial charge in [-0.3, -0.25) is 14.7 Å². The minimum atomic E-state index is -0.826. The van der Waals surface area contributed by atoms with E-state index < -0.39 is 11.6 Å². The number of carboxylic acids is 1. The summed E-state index contributed by atoms with van der Waals surface area (Å²) >= 11 is 0. The Morgan fingerprint density at radius 2 is 1.70 bits per heavy atom. The maximum atomic E-state index is 13.5. The van der Waals surface area contributed by atoms with Gasteiger partial charge in [-0.05, 0) is 99.2 Å². The van der Waals surface area contributed by atoms with E-state index in [9.17, 15) is 14.3 Å². The number of hydrogen-bond acceptors (Lipinski definition) is 5. The molecule has 2 aliphatic heterocycles. The fourth-order valence-corrected chi connectivity index (χ4v) is 5.90. The summed E-state index contributed by atoms with van der Waals surface area (Å²) in [7, 11) is 0. The lowest BCUT2D eigenvalue weighted by atomic mass is 9.82. The van der Waals surface area contributed by atoms with Crippen LogP contribution in [0.4, 0.5) is 10.1 Å². The molecule has 0 aliphatic carbocycles. The molecule has 232 valence electrons. The normalized spacial score (nSPS) is 16.7. The van der Waals surface area contributed by atoms with Gasteiger partial charge < -0.3 is 15.1 Å². The summed E-state index contributed by atoms with van der Waals surface area (Å²) in [5, 5.41) is 18.2. The number of piperidine rings is 1. The second-order valence-corrected chi connectivity index (χ2v) is 14.0. The Morgan fingerprint density at radius 1 is 1.02 bits per heavy atom. The molecule has 2 aromatic carbocycles. The fraction of sp³-hybridized carbons (Fsp3) is 0.500. The number of aryl methyl sites for hydroxylation is 2. The first-order chi connectivity index (χ1) is 20.1. The summed E-state index contributed by atoms with van der Waals surface area (Å²) in [5.74, 6) is -1.01. The lowest BCUT2D eigenvalue weighted by Crippen LogP contribution is -2.38. The van der Waals surface area contributed by atoms with E-state index in [1.807, 2.05) is 26.1 Å².